The van der Waals surface area contributed by atoms with Gasteiger partial charge < -0.3 is 0 Å². The predicted molar refractivity (Wildman–Crippen MR) is 70.2 cm³/mol. The van der Waals surface area contributed by atoms with Crippen molar-refractivity contribution in [3.63, 3.8) is 0 Å². The van der Waals surface area contributed by atoms with Crippen LogP contribution in [0.5, 0.6) is 0 Å². The maximum atomic E-state index is 3.46. The summed E-state index contributed by atoms with van der Waals surface area (Å²) >= 11 is 0. The van der Waals surface area contributed by atoms with Gasteiger partial charge in [-0.3, -0.25) is 0 Å². The second-order valence-corrected chi connectivity index (χ2v) is 4.72. The molecule has 0 N–H and O–H groups in total. The highest BCUT2D eigenvalue weighted by molar-refractivity contribution is 5.48. The Morgan fingerprint density at radius 2 is 1.81 bits per heavy atom. The smallest absolute Gasteiger partial charge is 0.0128 e. The fraction of sp³-hybridized carbons (Fsp3) is 0.438. The Kier molecular flexibility index (Phi) is 4.02. The van der Waals surface area contributed by atoms with E-state index in [-0.39, 0.29) is 0 Å². The van der Waals surface area contributed by atoms with Crippen LogP contribution >= 0.6 is 0 Å². The van der Waals surface area contributed by atoms with Crippen LogP contribution in [0.15, 0.2) is 41.6 Å². The Morgan fingerprint density at radius 3 is 2.50 bits per heavy atom. The van der Waals surface area contributed by atoms with E-state index >= 15 is 0 Å². The Morgan fingerprint density at radius 1 is 1.12 bits per heavy atom. The van der Waals surface area contributed by atoms with Gasteiger partial charge in [0, 0.05) is 0 Å². The highest BCUT2D eigenvalue weighted by atomic mass is 14.2. The first-order valence-electron chi connectivity index (χ1n) is 6.34. The molecular weight excluding hydrogens is 192 g/mol. The molecule has 0 heterocycles. The van der Waals surface area contributed by atoms with Gasteiger partial charge in [-0.05, 0) is 42.9 Å². The van der Waals surface area contributed by atoms with E-state index in [1.165, 1.54) is 43.2 Å². The third-order valence-electron chi connectivity index (χ3n) is 3.48. The highest BCUT2D eigenvalue weighted by Gasteiger charge is 2.14. The van der Waals surface area contributed by atoms with Crippen molar-refractivity contribution in [1.29, 1.82) is 0 Å². The average Bonchev–Trinajstić information content (AvgIpc) is 2.38. The molecule has 0 unspecified atom stereocenters. The molecule has 1 fully saturated rings. The van der Waals surface area contributed by atoms with Crippen molar-refractivity contribution >= 4 is 6.08 Å². The van der Waals surface area contributed by atoms with Gasteiger partial charge in [0.15, 0.2) is 0 Å². The van der Waals surface area contributed by atoms with E-state index in [1.54, 1.807) is 0 Å². The third-order valence-corrected chi connectivity index (χ3v) is 3.48. The molecule has 0 radical (unpaired) electrons. The predicted octanol–water partition coefficient (Wildman–Crippen LogP) is 4.83. The van der Waals surface area contributed by atoms with Crippen molar-refractivity contribution in [3.05, 3.63) is 47.2 Å². The standard InChI is InChI=1S/C16H20/c1-14(16-10-6-3-7-11-16)12-13-15-8-4-2-5-9-15/h2,4-5,8-9,13,16H,3,6-7,10-11H2,1H3. The van der Waals surface area contributed by atoms with Crippen LogP contribution < -0.4 is 0 Å². The van der Waals surface area contributed by atoms with Gasteiger partial charge >= 0.3 is 0 Å². The lowest BCUT2D eigenvalue weighted by atomic mass is 9.85. The minimum absolute atomic E-state index is 0.786. The van der Waals surface area contributed by atoms with Gasteiger partial charge in [-0.25, -0.2) is 0 Å². The molecule has 1 aromatic rings. The maximum absolute atomic E-state index is 3.46. The summed E-state index contributed by atoms with van der Waals surface area (Å²) in [4.78, 5) is 0. The van der Waals surface area contributed by atoms with Crippen molar-refractivity contribution in [1.82, 2.24) is 0 Å². The molecule has 1 aliphatic rings. The van der Waals surface area contributed by atoms with E-state index in [0.29, 0.717) is 0 Å². The fourth-order valence-corrected chi connectivity index (χ4v) is 2.40. The summed E-state index contributed by atoms with van der Waals surface area (Å²) in [5.41, 5.74) is 6.14. The monoisotopic (exact) mass is 212 g/mol. The molecule has 84 valence electrons. The van der Waals surface area contributed by atoms with E-state index in [1.807, 2.05) is 0 Å². The summed E-state index contributed by atoms with van der Waals surface area (Å²) in [6, 6.07) is 10.4. The Balaban J connectivity index is 2.08. The lowest BCUT2D eigenvalue weighted by Crippen LogP contribution is -2.06. The first-order chi connectivity index (χ1) is 7.86. The van der Waals surface area contributed by atoms with Gasteiger partial charge in [0.05, 0.1) is 0 Å². The zero-order chi connectivity index (χ0) is 11.2. The molecule has 0 saturated heterocycles. The van der Waals surface area contributed by atoms with Crippen LogP contribution in [-0.2, 0) is 0 Å². The summed E-state index contributed by atoms with van der Waals surface area (Å²) in [7, 11) is 0. The lowest BCUT2D eigenvalue weighted by Gasteiger charge is -2.20. The molecule has 0 bridgehead atoms. The quantitative estimate of drug-likeness (QED) is 0.616. The molecule has 0 heteroatoms. The largest absolute Gasteiger partial charge is 0.121 e. The maximum Gasteiger partial charge on any atom is -0.0128 e. The molecule has 0 amide bonds. The minimum Gasteiger partial charge on any atom is -0.121 e. The summed E-state index contributed by atoms with van der Waals surface area (Å²) < 4.78 is 0. The van der Waals surface area contributed by atoms with E-state index in [2.05, 4.69) is 49.1 Å². The van der Waals surface area contributed by atoms with Crippen LogP contribution in [0, 0.1) is 5.92 Å². The van der Waals surface area contributed by atoms with Gasteiger partial charge in [-0.2, -0.15) is 0 Å². The molecule has 1 aliphatic carbocycles. The van der Waals surface area contributed by atoms with Gasteiger partial charge in [0.2, 0.25) is 0 Å². The van der Waals surface area contributed by atoms with Gasteiger partial charge in [0.1, 0.15) is 0 Å². The summed E-state index contributed by atoms with van der Waals surface area (Å²) in [6.07, 6.45) is 9.06. The van der Waals surface area contributed by atoms with E-state index in [9.17, 15) is 0 Å². The third kappa shape index (κ3) is 3.12. The lowest BCUT2D eigenvalue weighted by molar-refractivity contribution is 0.403. The number of rotatable bonds is 2. The minimum atomic E-state index is 0.786. The topological polar surface area (TPSA) is 0 Å². The molecule has 0 aromatic heterocycles. The second kappa shape index (κ2) is 5.72. The molecule has 0 nitrogen and oxygen atoms in total. The van der Waals surface area contributed by atoms with Gasteiger partial charge in [-0.15, -0.1) is 5.73 Å². The van der Waals surface area contributed by atoms with E-state index in [0.717, 1.165) is 5.92 Å². The zero-order valence-corrected chi connectivity index (χ0v) is 10.1. The average molecular weight is 212 g/mol. The van der Waals surface area contributed by atoms with Crippen LogP contribution in [0.2, 0.25) is 0 Å². The summed E-state index contributed by atoms with van der Waals surface area (Å²) in [5.74, 6) is 0.786. The molecule has 0 aliphatic heterocycles. The second-order valence-electron chi connectivity index (χ2n) is 4.72. The molecule has 2 rings (SSSR count). The Bertz CT molecular complexity index is 374. The van der Waals surface area contributed by atoms with Crippen LogP contribution in [0.1, 0.15) is 44.6 Å². The van der Waals surface area contributed by atoms with Gasteiger partial charge in [0.25, 0.3) is 0 Å². The van der Waals surface area contributed by atoms with Crippen molar-refractivity contribution in [2.75, 3.05) is 0 Å². The van der Waals surface area contributed by atoms with Crippen LogP contribution in [0.4, 0.5) is 0 Å². The SMILES string of the molecule is CC(=C=Cc1ccccc1)C1CCCCC1. The van der Waals surface area contributed by atoms with Crippen molar-refractivity contribution in [2.24, 2.45) is 5.92 Å². The molecular formula is C16H20. The molecule has 16 heavy (non-hydrogen) atoms. The van der Waals surface area contributed by atoms with Crippen LogP contribution in [-0.4, -0.2) is 0 Å². The Hall–Kier alpha value is -1.26. The van der Waals surface area contributed by atoms with Crippen molar-refractivity contribution in [2.45, 2.75) is 39.0 Å². The van der Waals surface area contributed by atoms with Crippen molar-refractivity contribution < 1.29 is 0 Å². The van der Waals surface area contributed by atoms with Crippen LogP contribution in [0.25, 0.3) is 6.08 Å². The van der Waals surface area contributed by atoms with E-state index in [4.69, 9.17) is 0 Å². The number of benzene rings is 1. The summed E-state index contributed by atoms with van der Waals surface area (Å²) in [6.45, 7) is 2.23. The van der Waals surface area contributed by atoms with Crippen molar-refractivity contribution in [3.8, 4) is 0 Å². The molecule has 1 saturated carbocycles. The highest BCUT2D eigenvalue weighted by Crippen LogP contribution is 2.28. The zero-order valence-electron chi connectivity index (χ0n) is 10.1. The molecule has 1 aromatic carbocycles. The number of allylic oxidation sites excluding steroid dienone is 1. The molecule has 0 spiro atoms. The van der Waals surface area contributed by atoms with Crippen LogP contribution in [0.3, 0.4) is 0 Å². The first-order valence-corrected chi connectivity index (χ1v) is 6.34. The van der Waals surface area contributed by atoms with E-state index < -0.39 is 0 Å². The fourth-order valence-electron chi connectivity index (χ4n) is 2.40. The summed E-state index contributed by atoms with van der Waals surface area (Å²) in [5, 5.41) is 0. The normalized spacial score (nSPS) is 16.6. The molecule has 0 atom stereocenters. The van der Waals surface area contributed by atoms with Gasteiger partial charge in [-0.1, -0.05) is 49.6 Å². The number of hydrogen-bond donors (Lipinski definition) is 0. The first kappa shape index (κ1) is 11.2. The Labute approximate surface area is 98.7 Å². The number of hydrogen-bond acceptors (Lipinski definition) is 0.